The number of anilines is 1. The van der Waals surface area contributed by atoms with Crippen molar-refractivity contribution in [3.05, 3.63) is 29.8 Å². The monoisotopic (exact) mass is 362 g/mol. The first-order chi connectivity index (χ1) is 9.97. The number of nitrogens with zero attached hydrogens (tertiary/aromatic N) is 1. The quantitative estimate of drug-likeness (QED) is 0.733. The second-order valence-corrected chi connectivity index (χ2v) is 5.51. The van der Waals surface area contributed by atoms with Crippen molar-refractivity contribution < 1.29 is 9.59 Å². The van der Waals surface area contributed by atoms with E-state index in [0.29, 0.717) is 12.2 Å². The van der Waals surface area contributed by atoms with Gasteiger partial charge in [-0.2, -0.15) is 0 Å². The molecule has 6 nitrogen and oxygen atoms in total. The fourth-order valence-corrected chi connectivity index (χ4v) is 2.58. The largest absolute Gasteiger partial charge is 0.368 e. The van der Waals surface area contributed by atoms with Crippen molar-refractivity contribution in [3.8, 4) is 0 Å². The van der Waals surface area contributed by atoms with Crippen LogP contribution in [0.15, 0.2) is 24.3 Å². The number of carbonyl (C=O) groups is 2. The molecule has 1 unspecified atom stereocenters. The molecule has 0 saturated carbocycles. The number of carbonyl (C=O) groups excluding carboxylic acids is 2. The number of rotatable bonds is 5. The molecular formula is C15H24Cl2N4O2. The van der Waals surface area contributed by atoms with Crippen molar-refractivity contribution in [1.29, 1.82) is 0 Å². The van der Waals surface area contributed by atoms with Crippen molar-refractivity contribution in [3.63, 3.8) is 0 Å². The van der Waals surface area contributed by atoms with Gasteiger partial charge in [0.25, 0.3) is 0 Å². The summed E-state index contributed by atoms with van der Waals surface area (Å²) in [6.07, 6.45) is 1.80. The Kier molecular flexibility index (Phi) is 9.16. The minimum Gasteiger partial charge on any atom is -0.368 e. The van der Waals surface area contributed by atoms with E-state index < -0.39 is 6.04 Å². The van der Waals surface area contributed by atoms with E-state index in [-0.39, 0.29) is 42.7 Å². The van der Waals surface area contributed by atoms with Gasteiger partial charge in [0.2, 0.25) is 11.8 Å². The fraction of sp³-hybridized carbons (Fsp3) is 0.467. The zero-order chi connectivity index (χ0) is 15.4. The van der Waals surface area contributed by atoms with E-state index in [0.717, 1.165) is 24.9 Å². The highest BCUT2D eigenvalue weighted by atomic mass is 35.5. The number of benzene rings is 1. The van der Waals surface area contributed by atoms with Gasteiger partial charge in [0, 0.05) is 12.2 Å². The molecule has 0 bridgehead atoms. The van der Waals surface area contributed by atoms with E-state index >= 15 is 0 Å². The maximum atomic E-state index is 11.6. The van der Waals surface area contributed by atoms with E-state index in [1.165, 1.54) is 0 Å². The Balaban J connectivity index is 0.00000242. The number of halogens is 2. The van der Waals surface area contributed by atoms with Gasteiger partial charge in [0.1, 0.15) is 0 Å². The summed E-state index contributed by atoms with van der Waals surface area (Å²) in [6, 6.07) is 6.83. The molecule has 1 aromatic rings. The molecule has 5 N–H and O–H groups in total. The highest BCUT2D eigenvalue weighted by Crippen LogP contribution is 2.21. The predicted octanol–water partition coefficient (Wildman–Crippen LogP) is 1.27. The molecule has 23 heavy (non-hydrogen) atoms. The molecule has 2 rings (SSSR count). The molecule has 1 aromatic carbocycles. The van der Waals surface area contributed by atoms with Crippen LogP contribution in [0.25, 0.3) is 0 Å². The highest BCUT2D eigenvalue weighted by molar-refractivity contribution is 5.94. The van der Waals surface area contributed by atoms with E-state index in [2.05, 4.69) is 10.2 Å². The number of hydrogen-bond donors (Lipinski definition) is 3. The van der Waals surface area contributed by atoms with Crippen molar-refractivity contribution in [1.82, 2.24) is 4.90 Å². The lowest BCUT2D eigenvalue weighted by atomic mass is 10.1. The molecule has 1 saturated heterocycles. The van der Waals surface area contributed by atoms with Crippen molar-refractivity contribution in [2.24, 2.45) is 11.5 Å². The van der Waals surface area contributed by atoms with E-state index in [9.17, 15) is 9.59 Å². The highest BCUT2D eigenvalue weighted by Gasteiger charge is 2.28. The van der Waals surface area contributed by atoms with Gasteiger partial charge in [-0.15, -0.1) is 24.8 Å². The molecule has 0 aromatic heterocycles. The van der Waals surface area contributed by atoms with Gasteiger partial charge in [-0.05, 0) is 44.0 Å². The zero-order valence-electron chi connectivity index (χ0n) is 13.0. The summed E-state index contributed by atoms with van der Waals surface area (Å²) in [4.78, 5) is 25.1. The van der Waals surface area contributed by atoms with Gasteiger partial charge in [0.05, 0.1) is 12.1 Å². The summed E-state index contributed by atoms with van der Waals surface area (Å²) in [7, 11) is 0. The van der Waals surface area contributed by atoms with Crippen LogP contribution in [0.4, 0.5) is 5.69 Å². The maximum absolute atomic E-state index is 11.6. The van der Waals surface area contributed by atoms with Gasteiger partial charge in [-0.3, -0.25) is 14.5 Å². The van der Waals surface area contributed by atoms with Crippen molar-refractivity contribution >= 4 is 42.3 Å². The van der Waals surface area contributed by atoms with Gasteiger partial charge < -0.3 is 16.8 Å². The third kappa shape index (κ3) is 5.99. The number of primary amides is 1. The molecule has 1 aliphatic heterocycles. The van der Waals surface area contributed by atoms with Crippen LogP contribution in [0.1, 0.15) is 25.3 Å². The summed E-state index contributed by atoms with van der Waals surface area (Å²) in [5.41, 5.74) is 12.7. The first kappa shape index (κ1) is 21.7. The molecule has 2 amide bonds. The summed E-state index contributed by atoms with van der Waals surface area (Å²) >= 11 is 0. The van der Waals surface area contributed by atoms with Crippen molar-refractivity contribution in [2.75, 3.05) is 11.9 Å². The molecule has 1 fully saturated rings. The Hall–Kier alpha value is -1.34. The molecule has 1 heterocycles. The van der Waals surface area contributed by atoms with Crippen molar-refractivity contribution in [2.45, 2.75) is 38.4 Å². The lowest BCUT2D eigenvalue weighted by Crippen LogP contribution is -2.39. The molecule has 0 aliphatic carbocycles. The normalized spacial score (nSPS) is 18.4. The molecule has 1 aliphatic rings. The van der Waals surface area contributed by atoms with Crippen LogP contribution in [0.2, 0.25) is 0 Å². The fourth-order valence-electron chi connectivity index (χ4n) is 2.58. The van der Waals surface area contributed by atoms with Gasteiger partial charge in [0.15, 0.2) is 0 Å². The summed E-state index contributed by atoms with van der Waals surface area (Å²) in [6.45, 7) is 3.15. The number of amides is 2. The van der Waals surface area contributed by atoms with Crippen LogP contribution in [-0.4, -0.2) is 35.3 Å². The number of nitrogens with one attached hydrogen (secondary N) is 1. The average Bonchev–Trinajstić information content (AvgIpc) is 2.87. The Bertz CT molecular complexity index is 540. The van der Waals surface area contributed by atoms with Crippen LogP contribution >= 0.6 is 24.8 Å². The number of hydrogen-bond acceptors (Lipinski definition) is 4. The van der Waals surface area contributed by atoms with Crippen LogP contribution < -0.4 is 16.8 Å². The predicted molar refractivity (Wildman–Crippen MR) is 95.8 cm³/mol. The second kappa shape index (κ2) is 9.72. The zero-order valence-corrected chi connectivity index (χ0v) is 14.7. The van der Waals surface area contributed by atoms with Gasteiger partial charge in [-0.25, -0.2) is 0 Å². The third-order valence-electron chi connectivity index (χ3n) is 3.69. The molecule has 0 radical (unpaired) electrons. The minimum absolute atomic E-state index is 0. The van der Waals surface area contributed by atoms with E-state index in [1.54, 1.807) is 6.92 Å². The van der Waals surface area contributed by atoms with Gasteiger partial charge in [-0.1, -0.05) is 12.1 Å². The van der Waals surface area contributed by atoms with Crippen LogP contribution in [-0.2, 0) is 16.1 Å². The molecular weight excluding hydrogens is 339 g/mol. The molecule has 0 spiro atoms. The lowest BCUT2D eigenvalue weighted by Gasteiger charge is -2.22. The first-order valence-corrected chi connectivity index (χ1v) is 7.16. The summed E-state index contributed by atoms with van der Waals surface area (Å²) in [5.74, 6) is -0.489. The number of nitrogens with two attached hydrogens (primary N) is 2. The second-order valence-electron chi connectivity index (χ2n) is 5.51. The Morgan fingerprint density at radius 3 is 2.70 bits per heavy atom. The summed E-state index contributed by atoms with van der Waals surface area (Å²) < 4.78 is 0. The topological polar surface area (TPSA) is 101 Å². The molecule has 2 atom stereocenters. The lowest BCUT2D eigenvalue weighted by molar-refractivity contribution is -0.122. The third-order valence-corrected chi connectivity index (χ3v) is 3.69. The molecule has 8 heteroatoms. The maximum Gasteiger partial charge on any atom is 0.240 e. The number of likely N-dealkylation sites (tertiary alicyclic amines) is 1. The Labute approximate surface area is 148 Å². The van der Waals surface area contributed by atoms with Crippen LogP contribution in [0, 0.1) is 0 Å². The first-order valence-electron chi connectivity index (χ1n) is 7.16. The SMILES string of the molecule is C[C@@H](N)C(=O)Nc1cccc(CN2CCCC2C(N)=O)c1.Cl.Cl. The van der Waals surface area contributed by atoms with E-state index in [4.69, 9.17) is 11.5 Å². The smallest absolute Gasteiger partial charge is 0.240 e. The minimum atomic E-state index is -0.550. The van der Waals surface area contributed by atoms with Crippen LogP contribution in [0.3, 0.4) is 0 Å². The average molecular weight is 363 g/mol. The standard InChI is InChI=1S/C15H22N4O2.2ClH/c1-10(16)15(21)18-12-5-2-4-11(8-12)9-19-7-3-6-13(19)14(17)20;;/h2,4-5,8,10,13H,3,6-7,9,16H2,1H3,(H2,17,20)(H,18,21);2*1H/t10-,13?;;/m1../s1. The Morgan fingerprint density at radius 1 is 1.39 bits per heavy atom. The van der Waals surface area contributed by atoms with Gasteiger partial charge >= 0.3 is 0 Å². The summed E-state index contributed by atoms with van der Waals surface area (Å²) in [5, 5.41) is 2.77. The van der Waals surface area contributed by atoms with E-state index in [1.807, 2.05) is 24.3 Å². The molecule has 130 valence electrons. The Morgan fingerprint density at radius 2 is 2.09 bits per heavy atom. The van der Waals surface area contributed by atoms with Crippen LogP contribution in [0.5, 0.6) is 0 Å².